The van der Waals surface area contributed by atoms with Crippen molar-refractivity contribution in [3.8, 4) is 5.69 Å². The molecule has 0 amide bonds. The number of hydrogen-bond acceptors (Lipinski definition) is 5. The molecule has 3 aromatic rings. The molecule has 1 heterocycles. The Morgan fingerprint density at radius 2 is 1.65 bits per heavy atom. The third-order valence-electron chi connectivity index (χ3n) is 5.84. The van der Waals surface area contributed by atoms with Gasteiger partial charge >= 0.3 is 11.7 Å². The average Bonchev–Trinajstić information content (AvgIpc) is 3.03. The lowest BCUT2D eigenvalue weighted by atomic mass is 10.1. The molecule has 0 bridgehead atoms. The number of nitrogens with zero attached hydrogens (tertiary/aromatic N) is 3. The number of nitro groups is 1. The van der Waals surface area contributed by atoms with Crippen molar-refractivity contribution < 1.29 is 14.8 Å². The van der Waals surface area contributed by atoms with E-state index in [-0.39, 0.29) is 28.4 Å². The van der Waals surface area contributed by atoms with Gasteiger partial charge in [-0.05, 0) is 43.2 Å². The van der Waals surface area contributed by atoms with Crippen molar-refractivity contribution in [2.24, 2.45) is 0 Å². The Hall–Kier alpha value is -3.75. The number of rotatable bonds is 4. The van der Waals surface area contributed by atoms with E-state index in [0.717, 1.165) is 43.1 Å². The van der Waals surface area contributed by atoms with Gasteiger partial charge in [-0.25, -0.2) is 14.2 Å². The molecule has 1 fully saturated rings. The van der Waals surface area contributed by atoms with Crippen LogP contribution in [0.25, 0.3) is 16.6 Å². The van der Waals surface area contributed by atoms with Gasteiger partial charge < -0.3 is 5.11 Å². The van der Waals surface area contributed by atoms with E-state index in [9.17, 15) is 24.5 Å². The van der Waals surface area contributed by atoms with Gasteiger partial charge in [0.1, 0.15) is 0 Å². The van der Waals surface area contributed by atoms with Gasteiger partial charge in [0.2, 0.25) is 0 Å². The zero-order valence-corrected chi connectivity index (χ0v) is 16.7. The minimum atomic E-state index is -1.12. The largest absolute Gasteiger partial charge is 0.478 e. The van der Waals surface area contributed by atoms with Crippen LogP contribution in [0.2, 0.25) is 0 Å². The molecule has 2 aromatic carbocycles. The van der Waals surface area contributed by atoms with Crippen molar-refractivity contribution in [1.82, 2.24) is 9.13 Å². The van der Waals surface area contributed by atoms with Gasteiger partial charge in [0.25, 0.3) is 11.2 Å². The Labute approximate surface area is 176 Å². The summed E-state index contributed by atoms with van der Waals surface area (Å²) in [6.45, 7) is 0. The van der Waals surface area contributed by atoms with Crippen LogP contribution < -0.4 is 11.2 Å². The number of nitro benzene ring substituents is 1. The van der Waals surface area contributed by atoms with E-state index in [1.165, 1.54) is 42.5 Å². The number of benzene rings is 2. The second kappa shape index (κ2) is 8.17. The fourth-order valence-corrected chi connectivity index (χ4v) is 4.29. The van der Waals surface area contributed by atoms with Gasteiger partial charge in [-0.3, -0.25) is 19.5 Å². The Balaban J connectivity index is 2.03. The lowest BCUT2D eigenvalue weighted by Gasteiger charge is -2.22. The van der Waals surface area contributed by atoms with Gasteiger partial charge in [-0.1, -0.05) is 25.7 Å². The Bertz CT molecular complexity index is 1280. The predicted octanol–water partition coefficient (Wildman–Crippen LogP) is 3.65. The molecule has 1 saturated carbocycles. The summed E-state index contributed by atoms with van der Waals surface area (Å²) in [5.74, 6) is -1.12. The molecule has 9 nitrogen and oxygen atoms in total. The highest BCUT2D eigenvalue weighted by Gasteiger charge is 2.23. The topological polar surface area (TPSA) is 124 Å². The fraction of sp³-hybridized carbons (Fsp3) is 0.318. The summed E-state index contributed by atoms with van der Waals surface area (Å²) in [4.78, 5) is 48.6. The van der Waals surface area contributed by atoms with Crippen LogP contribution in [0.1, 0.15) is 54.9 Å². The maximum Gasteiger partial charge on any atom is 0.336 e. The highest BCUT2D eigenvalue weighted by Crippen LogP contribution is 2.29. The smallest absolute Gasteiger partial charge is 0.336 e. The molecule has 4 rings (SSSR count). The Morgan fingerprint density at radius 1 is 1.00 bits per heavy atom. The van der Waals surface area contributed by atoms with E-state index >= 15 is 0 Å². The molecule has 1 aliphatic carbocycles. The zero-order chi connectivity index (χ0) is 22.1. The van der Waals surface area contributed by atoms with Gasteiger partial charge in [0.15, 0.2) is 0 Å². The van der Waals surface area contributed by atoms with Crippen molar-refractivity contribution >= 4 is 22.6 Å². The first-order valence-electron chi connectivity index (χ1n) is 10.2. The lowest BCUT2D eigenvalue weighted by Crippen LogP contribution is -2.40. The van der Waals surface area contributed by atoms with E-state index in [0.29, 0.717) is 5.52 Å². The molecule has 1 aromatic heterocycles. The summed E-state index contributed by atoms with van der Waals surface area (Å²) in [6.07, 6.45) is 5.62. The fourth-order valence-electron chi connectivity index (χ4n) is 4.29. The molecular weight excluding hydrogens is 402 g/mol. The van der Waals surface area contributed by atoms with Gasteiger partial charge in [-0.2, -0.15) is 0 Å². The lowest BCUT2D eigenvalue weighted by molar-refractivity contribution is -0.384. The molecule has 31 heavy (non-hydrogen) atoms. The summed E-state index contributed by atoms with van der Waals surface area (Å²) in [7, 11) is 0. The molecule has 0 saturated heterocycles. The highest BCUT2D eigenvalue weighted by molar-refractivity contribution is 5.87. The quantitative estimate of drug-likeness (QED) is 0.388. The van der Waals surface area contributed by atoms with Crippen LogP contribution in [0.15, 0.2) is 52.1 Å². The molecule has 0 unspecified atom stereocenters. The number of non-ortho nitro benzene ring substituents is 1. The van der Waals surface area contributed by atoms with Gasteiger partial charge in [-0.15, -0.1) is 0 Å². The molecule has 9 heteroatoms. The maximum absolute atomic E-state index is 13.5. The molecule has 0 atom stereocenters. The van der Waals surface area contributed by atoms with Crippen LogP contribution in [-0.4, -0.2) is 25.1 Å². The molecule has 0 spiro atoms. The summed E-state index contributed by atoms with van der Waals surface area (Å²) >= 11 is 0. The predicted molar refractivity (Wildman–Crippen MR) is 114 cm³/mol. The third kappa shape index (κ3) is 3.74. The first-order valence-corrected chi connectivity index (χ1v) is 10.2. The zero-order valence-electron chi connectivity index (χ0n) is 16.7. The minimum absolute atomic E-state index is 0.0253. The van der Waals surface area contributed by atoms with E-state index in [2.05, 4.69) is 0 Å². The minimum Gasteiger partial charge on any atom is -0.478 e. The number of fused-ring (bicyclic) bond motifs is 1. The van der Waals surface area contributed by atoms with Crippen LogP contribution in [0.5, 0.6) is 0 Å². The third-order valence-corrected chi connectivity index (χ3v) is 5.84. The monoisotopic (exact) mass is 423 g/mol. The van der Waals surface area contributed by atoms with Crippen molar-refractivity contribution in [3.05, 3.63) is 79.0 Å². The molecule has 1 N–H and O–H groups in total. The average molecular weight is 423 g/mol. The van der Waals surface area contributed by atoms with E-state index < -0.39 is 22.1 Å². The summed E-state index contributed by atoms with van der Waals surface area (Å²) < 4.78 is 2.56. The number of aromatic carboxylic acids is 1. The number of carbonyl (C=O) groups is 1. The van der Waals surface area contributed by atoms with Crippen molar-refractivity contribution in [3.63, 3.8) is 0 Å². The second-order valence-electron chi connectivity index (χ2n) is 7.75. The number of carboxylic acids is 1. The second-order valence-corrected chi connectivity index (χ2v) is 7.75. The number of hydrogen-bond donors (Lipinski definition) is 1. The van der Waals surface area contributed by atoms with Crippen LogP contribution in [0.4, 0.5) is 5.69 Å². The maximum atomic E-state index is 13.5. The van der Waals surface area contributed by atoms with E-state index in [4.69, 9.17) is 5.11 Å². The van der Waals surface area contributed by atoms with Crippen LogP contribution in [0.3, 0.4) is 0 Å². The molecule has 160 valence electrons. The first-order chi connectivity index (χ1) is 14.9. The van der Waals surface area contributed by atoms with Crippen LogP contribution in [0, 0.1) is 10.1 Å². The van der Waals surface area contributed by atoms with Crippen LogP contribution >= 0.6 is 0 Å². The van der Waals surface area contributed by atoms with E-state index in [1.54, 1.807) is 4.57 Å². The van der Waals surface area contributed by atoms with Gasteiger partial charge in [0.05, 0.1) is 27.1 Å². The van der Waals surface area contributed by atoms with Crippen molar-refractivity contribution in [2.45, 2.75) is 44.6 Å². The highest BCUT2D eigenvalue weighted by atomic mass is 16.6. The Morgan fingerprint density at radius 3 is 2.23 bits per heavy atom. The number of aromatic nitrogens is 2. The summed E-state index contributed by atoms with van der Waals surface area (Å²) in [6, 6.07) is 9.28. The van der Waals surface area contributed by atoms with Crippen molar-refractivity contribution in [1.29, 1.82) is 0 Å². The Kier molecular flexibility index (Phi) is 5.41. The normalized spacial score (nSPS) is 15.0. The van der Waals surface area contributed by atoms with Gasteiger partial charge in [0, 0.05) is 18.2 Å². The van der Waals surface area contributed by atoms with Crippen molar-refractivity contribution in [2.75, 3.05) is 0 Å². The first kappa shape index (κ1) is 20.5. The molecule has 0 radical (unpaired) electrons. The molecule has 1 aliphatic rings. The van der Waals surface area contributed by atoms with E-state index in [1.807, 2.05) is 0 Å². The number of carboxylic acid groups (broad SMARTS) is 1. The summed E-state index contributed by atoms with van der Waals surface area (Å²) in [5, 5.41) is 20.5. The SMILES string of the molecule is O=C(O)c1ccc(-n2c(=O)c3cc([N+](=O)[O-])ccc3n(C3CCCCCC3)c2=O)cc1. The standard InChI is InChI=1S/C22H21N3O6/c26-20-18-13-17(25(30)31)11-12-19(18)23(15-5-3-1-2-4-6-15)22(29)24(20)16-9-7-14(8-10-16)21(27)28/h7-13,15H,1-6H2,(H,27,28). The summed E-state index contributed by atoms with van der Waals surface area (Å²) in [5.41, 5.74) is -0.805. The molecule has 0 aliphatic heterocycles. The van der Waals surface area contributed by atoms with Crippen LogP contribution in [-0.2, 0) is 0 Å². The molecular formula is C22H21N3O6.